The quantitative estimate of drug-likeness (QED) is 0.918. The van der Waals surface area contributed by atoms with Crippen LogP contribution in [0.4, 0.5) is 5.82 Å². The normalized spacial score (nSPS) is 19.3. The van der Waals surface area contributed by atoms with Crippen molar-refractivity contribution in [2.75, 3.05) is 24.7 Å². The van der Waals surface area contributed by atoms with Gasteiger partial charge in [0.05, 0.1) is 35.9 Å². The molecule has 3 rings (SSSR count). The highest BCUT2D eigenvalue weighted by Crippen LogP contribution is 2.31. The van der Waals surface area contributed by atoms with E-state index in [4.69, 9.17) is 21.6 Å². The number of nitrogens with zero attached hydrogens (tertiary/aromatic N) is 3. The number of aliphatic hydroxyl groups is 1. The van der Waals surface area contributed by atoms with E-state index < -0.39 is 6.10 Å². The molecule has 1 N–H and O–H groups in total. The van der Waals surface area contributed by atoms with Crippen LogP contribution in [0.3, 0.4) is 0 Å². The van der Waals surface area contributed by atoms with Crippen LogP contribution in [0.1, 0.15) is 23.0 Å². The van der Waals surface area contributed by atoms with E-state index in [-0.39, 0.29) is 6.04 Å². The maximum Gasteiger partial charge on any atom is 0.147 e. The van der Waals surface area contributed by atoms with E-state index in [1.807, 2.05) is 23.6 Å². The van der Waals surface area contributed by atoms with Crippen molar-refractivity contribution in [1.29, 1.82) is 5.26 Å². The van der Waals surface area contributed by atoms with E-state index >= 15 is 0 Å². The number of nitriles is 1. The molecule has 0 radical (unpaired) electrons. The number of anilines is 1. The largest absolute Gasteiger partial charge is 0.387 e. The average Bonchev–Trinajstić information content (AvgIpc) is 3.10. The molecule has 0 aliphatic carbocycles. The summed E-state index contributed by atoms with van der Waals surface area (Å²) < 4.78 is 5.56. The molecule has 0 aromatic carbocycles. The number of halogens is 1. The zero-order valence-corrected chi connectivity index (χ0v) is 13.9. The third-order valence-corrected chi connectivity index (χ3v) is 5.07. The smallest absolute Gasteiger partial charge is 0.147 e. The molecule has 0 bridgehead atoms. The fraction of sp³-hybridized carbons (Fsp3) is 0.375. The van der Waals surface area contributed by atoms with Crippen LogP contribution in [0.15, 0.2) is 29.8 Å². The van der Waals surface area contributed by atoms with Crippen LogP contribution in [-0.2, 0) is 4.74 Å². The molecule has 120 valence electrons. The SMILES string of the molecule is N#Cc1cnc(N2CCOC[C@@H]2C[C@H](O)c2cccs2)c(Cl)c1. The Kier molecular flexibility index (Phi) is 5.13. The Morgan fingerprint density at radius 3 is 3.17 bits per heavy atom. The average molecular weight is 350 g/mol. The van der Waals surface area contributed by atoms with E-state index in [9.17, 15) is 5.11 Å². The Hall–Kier alpha value is -1.65. The minimum absolute atomic E-state index is 0.0150. The molecule has 1 aliphatic heterocycles. The molecule has 0 spiro atoms. The molecule has 0 saturated carbocycles. The standard InChI is InChI=1S/C16H16ClN3O2S/c17-13-6-11(8-18)9-19-16(13)20-3-4-22-10-12(20)7-14(21)15-2-1-5-23-15/h1-2,5-6,9,12,14,21H,3-4,7,10H2/t12-,14-/m0/s1. The summed E-state index contributed by atoms with van der Waals surface area (Å²) in [5, 5.41) is 21.7. The Morgan fingerprint density at radius 2 is 2.48 bits per heavy atom. The van der Waals surface area contributed by atoms with Crippen LogP contribution in [-0.4, -0.2) is 35.9 Å². The minimum Gasteiger partial charge on any atom is -0.387 e. The topological polar surface area (TPSA) is 69.4 Å². The van der Waals surface area contributed by atoms with Crippen molar-refractivity contribution in [2.45, 2.75) is 18.6 Å². The third kappa shape index (κ3) is 3.65. The third-order valence-electron chi connectivity index (χ3n) is 3.82. The lowest BCUT2D eigenvalue weighted by Gasteiger charge is -2.37. The molecule has 2 aromatic rings. The van der Waals surface area contributed by atoms with Gasteiger partial charge >= 0.3 is 0 Å². The maximum atomic E-state index is 10.4. The first-order chi connectivity index (χ1) is 11.2. The van der Waals surface area contributed by atoms with Gasteiger partial charge in [0.2, 0.25) is 0 Å². The van der Waals surface area contributed by atoms with E-state index in [1.165, 1.54) is 17.5 Å². The highest BCUT2D eigenvalue weighted by Gasteiger charge is 2.28. The van der Waals surface area contributed by atoms with E-state index in [1.54, 1.807) is 6.07 Å². The number of rotatable bonds is 4. The molecular formula is C16H16ClN3O2S. The lowest BCUT2D eigenvalue weighted by atomic mass is 10.1. The predicted octanol–water partition coefficient (Wildman–Crippen LogP) is 3.00. The van der Waals surface area contributed by atoms with Crippen molar-refractivity contribution in [2.24, 2.45) is 0 Å². The lowest BCUT2D eigenvalue weighted by molar-refractivity contribution is 0.0684. The second-order valence-electron chi connectivity index (χ2n) is 5.33. The molecule has 23 heavy (non-hydrogen) atoms. The second kappa shape index (κ2) is 7.28. The maximum absolute atomic E-state index is 10.4. The summed E-state index contributed by atoms with van der Waals surface area (Å²) in [6.45, 7) is 1.75. The number of morpholine rings is 1. The van der Waals surface area contributed by atoms with E-state index in [2.05, 4.69) is 9.88 Å². The Bertz CT molecular complexity index is 702. The number of aromatic nitrogens is 1. The molecule has 7 heteroatoms. The van der Waals surface area contributed by atoms with E-state index in [0.29, 0.717) is 42.6 Å². The van der Waals surface area contributed by atoms with Gasteiger partial charge in [-0.1, -0.05) is 17.7 Å². The molecule has 2 atom stereocenters. The lowest BCUT2D eigenvalue weighted by Crippen LogP contribution is -2.46. The Labute approximate surface area is 143 Å². The highest BCUT2D eigenvalue weighted by molar-refractivity contribution is 7.10. The van der Waals surface area contributed by atoms with Gasteiger partial charge in [-0.15, -0.1) is 11.3 Å². The molecule has 5 nitrogen and oxygen atoms in total. The molecule has 1 saturated heterocycles. The minimum atomic E-state index is -0.540. The van der Waals surface area contributed by atoms with Crippen LogP contribution < -0.4 is 4.90 Å². The highest BCUT2D eigenvalue weighted by atomic mass is 35.5. The summed E-state index contributed by atoms with van der Waals surface area (Å²) in [7, 11) is 0. The van der Waals surface area contributed by atoms with Crippen molar-refractivity contribution < 1.29 is 9.84 Å². The fourth-order valence-electron chi connectivity index (χ4n) is 2.69. The van der Waals surface area contributed by atoms with Gasteiger partial charge in [0.1, 0.15) is 11.9 Å². The van der Waals surface area contributed by atoms with Gasteiger partial charge in [0, 0.05) is 24.0 Å². The second-order valence-corrected chi connectivity index (χ2v) is 6.72. The molecule has 2 aromatic heterocycles. The van der Waals surface area contributed by atoms with Gasteiger partial charge in [0.15, 0.2) is 0 Å². The predicted molar refractivity (Wildman–Crippen MR) is 89.8 cm³/mol. The van der Waals surface area contributed by atoms with Crippen molar-refractivity contribution in [1.82, 2.24) is 4.98 Å². The van der Waals surface area contributed by atoms with Gasteiger partial charge in [-0.05, 0) is 17.5 Å². The van der Waals surface area contributed by atoms with Crippen LogP contribution >= 0.6 is 22.9 Å². The summed E-state index contributed by atoms with van der Waals surface area (Å²) in [6.07, 6.45) is 1.52. The van der Waals surface area contributed by atoms with Gasteiger partial charge in [0.25, 0.3) is 0 Å². The summed E-state index contributed by atoms with van der Waals surface area (Å²) in [6, 6.07) is 7.49. The molecule has 0 unspecified atom stereocenters. The van der Waals surface area contributed by atoms with Crippen molar-refractivity contribution in [3.8, 4) is 6.07 Å². The van der Waals surface area contributed by atoms with E-state index in [0.717, 1.165) is 4.88 Å². The summed E-state index contributed by atoms with van der Waals surface area (Å²) in [4.78, 5) is 7.33. The van der Waals surface area contributed by atoms with Gasteiger partial charge in [-0.3, -0.25) is 0 Å². The van der Waals surface area contributed by atoms with Crippen molar-refractivity contribution in [3.63, 3.8) is 0 Å². The van der Waals surface area contributed by atoms with Crippen LogP contribution in [0.25, 0.3) is 0 Å². The Morgan fingerprint density at radius 1 is 1.61 bits per heavy atom. The van der Waals surface area contributed by atoms with Gasteiger partial charge in [-0.25, -0.2) is 4.98 Å². The number of ether oxygens (including phenoxy) is 1. The summed E-state index contributed by atoms with van der Waals surface area (Å²) in [5.41, 5.74) is 0.433. The molecular weight excluding hydrogens is 334 g/mol. The van der Waals surface area contributed by atoms with Gasteiger partial charge < -0.3 is 14.7 Å². The first-order valence-corrected chi connectivity index (χ1v) is 8.56. The first-order valence-electron chi connectivity index (χ1n) is 7.30. The summed E-state index contributed by atoms with van der Waals surface area (Å²) in [5.74, 6) is 0.636. The van der Waals surface area contributed by atoms with Crippen molar-refractivity contribution >= 4 is 28.8 Å². The number of hydrogen-bond donors (Lipinski definition) is 1. The molecule has 1 aliphatic rings. The molecule has 1 fully saturated rings. The Balaban J connectivity index is 1.80. The number of hydrogen-bond acceptors (Lipinski definition) is 6. The monoisotopic (exact) mass is 349 g/mol. The summed E-state index contributed by atoms with van der Waals surface area (Å²) >= 11 is 7.82. The fourth-order valence-corrected chi connectivity index (χ4v) is 3.69. The van der Waals surface area contributed by atoms with Crippen LogP contribution in [0.5, 0.6) is 0 Å². The number of pyridine rings is 1. The molecule has 3 heterocycles. The zero-order valence-electron chi connectivity index (χ0n) is 12.4. The first kappa shape index (κ1) is 16.2. The van der Waals surface area contributed by atoms with Crippen LogP contribution in [0, 0.1) is 11.3 Å². The number of thiophene rings is 1. The molecule has 0 amide bonds. The zero-order chi connectivity index (χ0) is 16.2. The van der Waals surface area contributed by atoms with Gasteiger partial charge in [-0.2, -0.15) is 5.26 Å². The van der Waals surface area contributed by atoms with Crippen LogP contribution in [0.2, 0.25) is 5.02 Å². The number of aliphatic hydroxyl groups excluding tert-OH is 1. The van der Waals surface area contributed by atoms with Crippen molar-refractivity contribution in [3.05, 3.63) is 45.2 Å².